The first-order chi connectivity index (χ1) is 9.63. The quantitative estimate of drug-likeness (QED) is 0.434. The van der Waals surface area contributed by atoms with E-state index in [0.717, 1.165) is 26.1 Å². The van der Waals surface area contributed by atoms with Gasteiger partial charge in [0.2, 0.25) is 0 Å². The largest absolute Gasteiger partial charge is 0.379 e. The van der Waals surface area contributed by atoms with Gasteiger partial charge >= 0.3 is 0 Å². The number of rotatable bonds is 15. The van der Waals surface area contributed by atoms with Gasteiger partial charge < -0.3 is 18.9 Å². The van der Waals surface area contributed by atoms with Crippen LogP contribution in [0.1, 0.15) is 40.5 Å². The van der Waals surface area contributed by atoms with Crippen LogP contribution in [-0.2, 0) is 18.9 Å². The third kappa shape index (κ3) is 17.8. The first-order valence-electron chi connectivity index (χ1n) is 7.94. The van der Waals surface area contributed by atoms with E-state index in [2.05, 4.69) is 27.7 Å². The van der Waals surface area contributed by atoms with Gasteiger partial charge in [-0.3, -0.25) is 0 Å². The lowest BCUT2D eigenvalue weighted by molar-refractivity contribution is -0.00360. The lowest BCUT2D eigenvalue weighted by Gasteiger charge is -2.08. The van der Waals surface area contributed by atoms with E-state index < -0.39 is 0 Å². The van der Waals surface area contributed by atoms with Gasteiger partial charge in [-0.15, -0.1) is 0 Å². The van der Waals surface area contributed by atoms with Crippen molar-refractivity contribution in [3.8, 4) is 0 Å². The van der Waals surface area contributed by atoms with E-state index in [1.165, 1.54) is 0 Å². The molecule has 4 heteroatoms. The fraction of sp³-hybridized carbons (Fsp3) is 1.00. The lowest BCUT2D eigenvalue weighted by Crippen LogP contribution is -2.12. The van der Waals surface area contributed by atoms with Gasteiger partial charge in [0.15, 0.2) is 0 Å². The minimum atomic E-state index is 0.625. The lowest BCUT2D eigenvalue weighted by atomic mass is 10.1. The molecule has 0 amide bonds. The molecule has 0 spiro atoms. The highest BCUT2D eigenvalue weighted by molar-refractivity contribution is 4.43. The van der Waals surface area contributed by atoms with E-state index in [0.29, 0.717) is 51.5 Å². The highest BCUT2D eigenvalue weighted by atomic mass is 16.6. The number of ether oxygens (including phenoxy) is 4. The normalized spacial score (nSPS) is 11.7. The smallest absolute Gasteiger partial charge is 0.0701 e. The molecule has 0 saturated heterocycles. The standard InChI is InChI=1S/C16H34O4/c1-15(2)5-7-17-9-11-19-13-14-20-12-10-18-8-6-16(3)4/h15-16H,5-14H2,1-4H3. The van der Waals surface area contributed by atoms with E-state index in [9.17, 15) is 0 Å². The summed E-state index contributed by atoms with van der Waals surface area (Å²) in [7, 11) is 0. The van der Waals surface area contributed by atoms with Gasteiger partial charge in [0.1, 0.15) is 0 Å². The topological polar surface area (TPSA) is 36.9 Å². The van der Waals surface area contributed by atoms with E-state index in [1.807, 2.05) is 0 Å². The molecule has 0 atom stereocenters. The summed E-state index contributed by atoms with van der Waals surface area (Å²) in [6.07, 6.45) is 2.22. The fourth-order valence-electron chi connectivity index (χ4n) is 1.40. The molecule has 0 aromatic carbocycles. The first kappa shape index (κ1) is 19.8. The van der Waals surface area contributed by atoms with Gasteiger partial charge in [-0.25, -0.2) is 0 Å². The first-order valence-corrected chi connectivity index (χ1v) is 7.94. The predicted molar refractivity (Wildman–Crippen MR) is 82.2 cm³/mol. The third-order valence-corrected chi connectivity index (χ3v) is 2.80. The van der Waals surface area contributed by atoms with Crippen LogP contribution >= 0.6 is 0 Å². The van der Waals surface area contributed by atoms with Crippen molar-refractivity contribution in [3.05, 3.63) is 0 Å². The van der Waals surface area contributed by atoms with Crippen LogP contribution in [0.25, 0.3) is 0 Å². The molecule has 122 valence electrons. The molecule has 0 aliphatic carbocycles. The van der Waals surface area contributed by atoms with Gasteiger partial charge in [0, 0.05) is 13.2 Å². The van der Waals surface area contributed by atoms with Crippen molar-refractivity contribution in [3.63, 3.8) is 0 Å². The Balaban J connectivity index is 2.96. The minimum Gasteiger partial charge on any atom is -0.379 e. The molecular formula is C16H34O4. The van der Waals surface area contributed by atoms with Crippen LogP contribution in [0, 0.1) is 11.8 Å². The average Bonchev–Trinajstić information content (AvgIpc) is 2.38. The van der Waals surface area contributed by atoms with Crippen LogP contribution in [0.3, 0.4) is 0 Å². The highest BCUT2D eigenvalue weighted by Crippen LogP contribution is 1.99. The minimum absolute atomic E-state index is 0.625. The monoisotopic (exact) mass is 290 g/mol. The van der Waals surface area contributed by atoms with Crippen molar-refractivity contribution < 1.29 is 18.9 Å². The molecule has 0 fully saturated rings. The van der Waals surface area contributed by atoms with Crippen molar-refractivity contribution in [1.82, 2.24) is 0 Å². The van der Waals surface area contributed by atoms with Crippen LogP contribution in [0.5, 0.6) is 0 Å². The molecule has 0 rings (SSSR count). The molecule has 4 nitrogen and oxygen atoms in total. The van der Waals surface area contributed by atoms with Gasteiger partial charge in [-0.2, -0.15) is 0 Å². The Morgan fingerprint density at radius 3 is 0.950 bits per heavy atom. The maximum absolute atomic E-state index is 5.45. The molecule has 0 N–H and O–H groups in total. The number of hydrogen-bond donors (Lipinski definition) is 0. The van der Waals surface area contributed by atoms with Crippen LogP contribution in [0.2, 0.25) is 0 Å². The molecule has 0 saturated carbocycles. The van der Waals surface area contributed by atoms with Gasteiger partial charge in [0.25, 0.3) is 0 Å². The zero-order chi connectivity index (χ0) is 15.1. The molecule has 0 radical (unpaired) electrons. The molecular weight excluding hydrogens is 256 g/mol. The molecule has 0 aromatic heterocycles. The van der Waals surface area contributed by atoms with E-state index in [-0.39, 0.29) is 0 Å². The summed E-state index contributed by atoms with van der Waals surface area (Å²) in [5.74, 6) is 1.40. The average molecular weight is 290 g/mol. The maximum atomic E-state index is 5.45. The Morgan fingerprint density at radius 1 is 0.450 bits per heavy atom. The summed E-state index contributed by atoms with van der Waals surface area (Å²) in [6, 6.07) is 0. The second kappa shape index (κ2) is 15.2. The Morgan fingerprint density at radius 2 is 0.700 bits per heavy atom. The summed E-state index contributed by atoms with van der Waals surface area (Å²) in [6.45, 7) is 14.3. The van der Waals surface area contributed by atoms with Crippen LogP contribution in [-0.4, -0.2) is 52.9 Å². The Labute approximate surface area is 125 Å². The van der Waals surface area contributed by atoms with Gasteiger partial charge in [-0.05, 0) is 24.7 Å². The molecule has 20 heavy (non-hydrogen) atoms. The summed E-state index contributed by atoms with van der Waals surface area (Å²) in [5.41, 5.74) is 0. The molecule has 0 aliphatic rings. The fourth-order valence-corrected chi connectivity index (χ4v) is 1.40. The van der Waals surface area contributed by atoms with Gasteiger partial charge in [0.05, 0.1) is 39.6 Å². The van der Waals surface area contributed by atoms with Crippen molar-refractivity contribution in [2.75, 3.05) is 52.9 Å². The summed E-state index contributed by atoms with van der Waals surface area (Å²) in [4.78, 5) is 0. The Hall–Kier alpha value is -0.160. The zero-order valence-corrected chi connectivity index (χ0v) is 13.9. The van der Waals surface area contributed by atoms with Gasteiger partial charge in [-0.1, -0.05) is 27.7 Å². The second-order valence-electron chi connectivity index (χ2n) is 5.81. The summed E-state index contributed by atoms with van der Waals surface area (Å²) < 4.78 is 21.7. The third-order valence-electron chi connectivity index (χ3n) is 2.80. The second-order valence-corrected chi connectivity index (χ2v) is 5.81. The van der Waals surface area contributed by atoms with Crippen molar-refractivity contribution in [2.45, 2.75) is 40.5 Å². The van der Waals surface area contributed by atoms with E-state index >= 15 is 0 Å². The number of hydrogen-bond acceptors (Lipinski definition) is 4. The Bertz CT molecular complexity index is 163. The SMILES string of the molecule is CC(C)CCOCCOCCOCCOCCC(C)C. The molecule has 0 aromatic rings. The van der Waals surface area contributed by atoms with Crippen molar-refractivity contribution in [1.29, 1.82) is 0 Å². The summed E-state index contributed by atoms with van der Waals surface area (Å²) in [5, 5.41) is 0. The van der Waals surface area contributed by atoms with E-state index in [1.54, 1.807) is 0 Å². The molecule has 0 aliphatic heterocycles. The summed E-state index contributed by atoms with van der Waals surface area (Å²) >= 11 is 0. The predicted octanol–water partition coefficient (Wildman–Crippen LogP) is 3.15. The van der Waals surface area contributed by atoms with Crippen LogP contribution < -0.4 is 0 Å². The van der Waals surface area contributed by atoms with Crippen molar-refractivity contribution >= 4 is 0 Å². The van der Waals surface area contributed by atoms with Crippen LogP contribution in [0.15, 0.2) is 0 Å². The highest BCUT2D eigenvalue weighted by Gasteiger charge is 1.96. The van der Waals surface area contributed by atoms with Crippen LogP contribution in [0.4, 0.5) is 0 Å². The molecule has 0 unspecified atom stereocenters. The maximum Gasteiger partial charge on any atom is 0.0701 e. The van der Waals surface area contributed by atoms with E-state index in [4.69, 9.17) is 18.9 Å². The molecule has 0 bridgehead atoms. The Kier molecular flexibility index (Phi) is 15.1. The molecule has 0 heterocycles. The van der Waals surface area contributed by atoms with Crippen molar-refractivity contribution in [2.24, 2.45) is 11.8 Å². The zero-order valence-electron chi connectivity index (χ0n) is 13.9.